The summed E-state index contributed by atoms with van der Waals surface area (Å²) in [5.41, 5.74) is 2.42. The number of hydrogen-bond donors (Lipinski definition) is 1. The Morgan fingerprint density at radius 3 is 2.52 bits per heavy atom. The van der Waals surface area contributed by atoms with Crippen molar-refractivity contribution in [2.75, 3.05) is 19.5 Å². The summed E-state index contributed by atoms with van der Waals surface area (Å²) in [7, 11) is 3.22. The first kappa shape index (κ1) is 20.6. The normalized spacial score (nSPS) is 11.7. The second-order valence-electron chi connectivity index (χ2n) is 7.07. The van der Waals surface area contributed by atoms with E-state index < -0.39 is 0 Å². The van der Waals surface area contributed by atoms with Crippen LogP contribution in [0.3, 0.4) is 0 Å². The van der Waals surface area contributed by atoms with Crippen LogP contribution in [0.15, 0.2) is 48.5 Å². The van der Waals surface area contributed by atoms with Crippen molar-refractivity contribution in [2.45, 2.75) is 19.9 Å². The predicted molar refractivity (Wildman–Crippen MR) is 124 cm³/mol. The molecule has 2 heterocycles. The van der Waals surface area contributed by atoms with E-state index in [4.69, 9.17) is 9.47 Å². The van der Waals surface area contributed by atoms with Gasteiger partial charge in [-0.3, -0.25) is 0 Å². The maximum atomic E-state index is 9.41. The molecule has 7 heteroatoms. The lowest BCUT2D eigenvalue weighted by Crippen LogP contribution is -2.08. The van der Waals surface area contributed by atoms with Gasteiger partial charge >= 0.3 is 0 Å². The van der Waals surface area contributed by atoms with Crippen LogP contribution in [0.25, 0.3) is 21.3 Å². The third kappa shape index (κ3) is 4.03. The van der Waals surface area contributed by atoms with Crippen LogP contribution in [0.5, 0.6) is 11.5 Å². The van der Waals surface area contributed by atoms with Crippen LogP contribution in [0.4, 0.5) is 5.82 Å². The Balaban J connectivity index is 1.68. The Morgan fingerprint density at radius 1 is 1.03 bits per heavy atom. The lowest BCUT2D eigenvalue weighted by molar-refractivity contribution is 0.356. The molecule has 0 aliphatic carbocycles. The summed E-state index contributed by atoms with van der Waals surface area (Å²) in [5.74, 6) is 2.67. The Bertz CT molecular complexity index is 1290. The van der Waals surface area contributed by atoms with Gasteiger partial charge in [0, 0.05) is 26.8 Å². The van der Waals surface area contributed by atoms with Gasteiger partial charge in [0.05, 0.1) is 37.4 Å². The molecule has 0 aliphatic rings. The second kappa shape index (κ2) is 8.62. The molecule has 156 valence electrons. The molecule has 4 rings (SSSR count). The zero-order chi connectivity index (χ0) is 22.0. The molecule has 0 saturated heterocycles. The summed E-state index contributed by atoms with van der Waals surface area (Å²) in [6, 6.07) is 17.8. The fraction of sp³-hybridized carbons (Fsp3) is 0.208. The molecule has 2 aromatic heterocycles. The van der Waals surface area contributed by atoms with Crippen molar-refractivity contribution >= 4 is 28.1 Å². The SMILES string of the molecule is COc1cc2nc(C)nc(NC(C)c3ccc(-c4ccccc4C#N)s3)c2cc1OC. The summed E-state index contributed by atoms with van der Waals surface area (Å²) < 4.78 is 10.9. The summed E-state index contributed by atoms with van der Waals surface area (Å²) in [6.07, 6.45) is 0. The topological polar surface area (TPSA) is 80.1 Å². The number of hydrogen-bond acceptors (Lipinski definition) is 7. The summed E-state index contributed by atoms with van der Waals surface area (Å²) in [4.78, 5) is 11.4. The van der Waals surface area contributed by atoms with Gasteiger partial charge in [0.1, 0.15) is 11.6 Å². The first-order valence-electron chi connectivity index (χ1n) is 9.80. The van der Waals surface area contributed by atoms with Crippen LogP contribution in [-0.4, -0.2) is 24.2 Å². The number of nitrogens with zero attached hydrogens (tertiary/aromatic N) is 3. The van der Waals surface area contributed by atoms with Gasteiger partial charge in [0.15, 0.2) is 11.5 Å². The minimum absolute atomic E-state index is 0.0126. The van der Waals surface area contributed by atoms with E-state index in [-0.39, 0.29) is 6.04 Å². The van der Waals surface area contributed by atoms with Crippen molar-refractivity contribution in [3.8, 4) is 28.0 Å². The highest BCUT2D eigenvalue weighted by Crippen LogP contribution is 2.37. The lowest BCUT2D eigenvalue weighted by Gasteiger charge is -2.16. The standard InChI is InChI=1S/C24H22N4O2S/c1-14(22-9-10-23(31-22)17-8-6-5-7-16(17)13-25)26-24-18-11-20(29-3)21(30-4)12-19(18)27-15(2)28-24/h5-12,14H,1-4H3,(H,26,27,28). The van der Waals surface area contributed by atoms with Crippen LogP contribution >= 0.6 is 11.3 Å². The number of methoxy groups -OCH3 is 2. The fourth-order valence-electron chi connectivity index (χ4n) is 3.48. The van der Waals surface area contributed by atoms with Crippen LogP contribution < -0.4 is 14.8 Å². The lowest BCUT2D eigenvalue weighted by atomic mass is 10.1. The van der Waals surface area contributed by atoms with E-state index in [1.807, 2.05) is 43.3 Å². The molecule has 0 amide bonds. The van der Waals surface area contributed by atoms with Crippen molar-refractivity contribution in [3.63, 3.8) is 0 Å². The molecule has 0 aliphatic heterocycles. The third-order valence-corrected chi connectivity index (χ3v) is 6.33. The number of nitrogens with one attached hydrogen (secondary N) is 1. The van der Waals surface area contributed by atoms with E-state index in [1.165, 1.54) is 0 Å². The van der Waals surface area contributed by atoms with Gasteiger partial charge in [-0.15, -0.1) is 11.3 Å². The fourth-order valence-corrected chi connectivity index (χ4v) is 4.53. The molecule has 1 unspecified atom stereocenters. The number of rotatable bonds is 6. The minimum atomic E-state index is 0.0126. The van der Waals surface area contributed by atoms with Crippen molar-refractivity contribution in [1.82, 2.24) is 9.97 Å². The molecule has 4 aromatic rings. The van der Waals surface area contributed by atoms with Gasteiger partial charge in [-0.25, -0.2) is 9.97 Å². The highest BCUT2D eigenvalue weighted by Gasteiger charge is 2.16. The van der Waals surface area contributed by atoms with E-state index in [9.17, 15) is 5.26 Å². The first-order chi connectivity index (χ1) is 15.0. The van der Waals surface area contributed by atoms with Crippen molar-refractivity contribution in [1.29, 1.82) is 5.26 Å². The van der Waals surface area contributed by atoms with Crippen molar-refractivity contribution < 1.29 is 9.47 Å². The highest BCUT2D eigenvalue weighted by molar-refractivity contribution is 7.15. The number of ether oxygens (including phenoxy) is 2. The van der Waals surface area contributed by atoms with Gasteiger partial charge in [-0.1, -0.05) is 18.2 Å². The number of aryl methyl sites for hydroxylation is 1. The summed E-state index contributed by atoms with van der Waals surface area (Å²) >= 11 is 1.66. The molecule has 0 radical (unpaired) electrons. The van der Waals surface area contributed by atoms with Gasteiger partial charge in [0.2, 0.25) is 0 Å². The molecule has 1 atom stereocenters. The van der Waals surface area contributed by atoms with Crippen molar-refractivity contribution in [3.05, 3.63) is 64.8 Å². The zero-order valence-electron chi connectivity index (χ0n) is 17.8. The molecule has 0 saturated carbocycles. The number of benzene rings is 2. The number of anilines is 1. The largest absolute Gasteiger partial charge is 0.493 e. The second-order valence-corrected chi connectivity index (χ2v) is 8.18. The first-order valence-corrected chi connectivity index (χ1v) is 10.6. The maximum absolute atomic E-state index is 9.41. The quantitative estimate of drug-likeness (QED) is 0.421. The predicted octanol–water partition coefficient (Wildman–Crippen LogP) is 5.73. The van der Waals surface area contributed by atoms with E-state index in [0.717, 1.165) is 32.0 Å². The molecular weight excluding hydrogens is 408 g/mol. The average Bonchev–Trinajstić information content (AvgIpc) is 3.28. The summed E-state index contributed by atoms with van der Waals surface area (Å²) in [5, 5.41) is 13.8. The molecule has 6 nitrogen and oxygen atoms in total. The van der Waals surface area contributed by atoms with E-state index >= 15 is 0 Å². The highest BCUT2D eigenvalue weighted by atomic mass is 32.1. The maximum Gasteiger partial charge on any atom is 0.162 e. The van der Waals surface area contributed by atoms with Crippen LogP contribution in [0.1, 0.15) is 29.2 Å². The number of nitriles is 1. The number of aromatic nitrogens is 2. The van der Waals surface area contributed by atoms with Crippen molar-refractivity contribution in [2.24, 2.45) is 0 Å². The number of thiophene rings is 1. The zero-order valence-corrected chi connectivity index (χ0v) is 18.6. The van der Waals surface area contributed by atoms with E-state index in [1.54, 1.807) is 25.6 Å². The van der Waals surface area contributed by atoms with Gasteiger partial charge in [0.25, 0.3) is 0 Å². The Labute approximate surface area is 185 Å². The Hall–Kier alpha value is -3.63. The average molecular weight is 431 g/mol. The smallest absolute Gasteiger partial charge is 0.162 e. The van der Waals surface area contributed by atoms with Gasteiger partial charge < -0.3 is 14.8 Å². The van der Waals surface area contributed by atoms with Gasteiger partial charge in [-0.2, -0.15) is 5.26 Å². The number of fused-ring (bicyclic) bond motifs is 1. The molecule has 2 aromatic carbocycles. The van der Waals surface area contributed by atoms with Crippen LogP contribution in [0, 0.1) is 18.3 Å². The minimum Gasteiger partial charge on any atom is -0.493 e. The molecule has 0 bridgehead atoms. The van der Waals surface area contributed by atoms with E-state index in [0.29, 0.717) is 22.9 Å². The van der Waals surface area contributed by atoms with Gasteiger partial charge in [-0.05, 0) is 38.1 Å². The molecule has 0 spiro atoms. The Kier molecular flexibility index (Phi) is 5.74. The molecule has 1 N–H and O–H groups in total. The van der Waals surface area contributed by atoms with Crippen LogP contribution in [0.2, 0.25) is 0 Å². The summed E-state index contributed by atoms with van der Waals surface area (Å²) in [6.45, 7) is 3.96. The molecular formula is C24H22N4O2S. The third-order valence-electron chi connectivity index (χ3n) is 5.03. The molecule has 0 fully saturated rings. The van der Waals surface area contributed by atoms with E-state index in [2.05, 4.69) is 40.4 Å². The Morgan fingerprint density at radius 2 is 1.77 bits per heavy atom. The molecule has 31 heavy (non-hydrogen) atoms. The van der Waals surface area contributed by atoms with Crippen LogP contribution in [-0.2, 0) is 0 Å². The monoisotopic (exact) mass is 430 g/mol.